The van der Waals surface area contributed by atoms with Gasteiger partial charge in [-0.25, -0.2) is 4.79 Å². The van der Waals surface area contributed by atoms with Gasteiger partial charge < -0.3 is 24.8 Å². The van der Waals surface area contributed by atoms with E-state index < -0.39 is 18.5 Å². The molecule has 0 saturated carbocycles. The molecule has 152 valence electrons. The number of hydrogen-bond acceptors (Lipinski definition) is 7. The Bertz CT molecular complexity index is 947. The summed E-state index contributed by atoms with van der Waals surface area (Å²) >= 11 is 1.40. The monoisotopic (exact) mass is 416 g/mol. The summed E-state index contributed by atoms with van der Waals surface area (Å²) in [5.41, 5.74) is 1.64. The molecule has 1 heterocycles. The molecule has 8 nitrogen and oxygen atoms in total. The van der Waals surface area contributed by atoms with E-state index in [4.69, 9.17) is 14.2 Å². The lowest BCUT2D eigenvalue weighted by molar-refractivity contribution is -0.124. The quantitative estimate of drug-likeness (QED) is 0.667. The molecule has 2 aromatic carbocycles. The molecule has 0 spiro atoms. The van der Waals surface area contributed by atoms with E-state index in [-0.39, 0.29) is 18.0 Å². The molecule has 0 aromatic heterocycles. The summed E-state index contributed by atoms with van der Waals surface area (Å²) in [5, 5.41) is 5.39. The second-order valence-electron chi connectivity index (χ2n) is 6.09. The first kappa shape index (κ1) is 20.5. The largest absolute Gasteiger partial charge is 0.493 e. The van der Waals surface area contributed by atoms with Crippen LogP contribution in [-0.4, -0.2) is 44.4 Å². The van der Waals surface area contributed by atoms with Crippen molar-refractivity contribution in [1.82, 2.24) is 5.32 Å². The smallest absolute Gasteiger partial charge is 0.338 e. The first-order chi connectivity index (χ1) is 14.0. The third kappa shape index (κ3) is 5.20. The van der Waals surface area contributed by atoms with Gasteiger partial charge in [0.25, 0.3) is 5.91 Å². The van der Waals surface area contributed by atoms with E-state index in [1.807, 2.05) is 0 Å². The zero-order chi connectivity index (χ0) is 20.8. The minimum Gasteiger partial charge on any atom is -0.493 e. The van der Waals surface area contributed by atoms with Crippen molar-refractivity contribution in [2.24, 2.45) is 0 Å². The second kappa shape index (κ2) is 9.33. The van der Waals surface area contributed by atoms with E-state index >= 15 is 0 Å². The minimum absolute atomic E-state index is 0.123. The van der Waals surface area contributed by atoms with Crippen molar-refractivity contribution < 1.29 is 28.6 Å². The molecule has 0 atom stereocenters. The van der Waals surface area contributed by atoms with Gasteiger partial charge in [0.2, 0.25) is 5.91 Å². The van der Waals surface area contributed by atoms with Gasteiger partial charge in [-0.05, 0) is 35.9 Å². The van der Waals surface area contributed by atoms with Gasteiger partial charge in [0.15, 0.2) is 18.1 Å². The molecule has 0 saturated heterocycles. The number of benzene rings is 2. The number of hydrogen-bond donors (Lipinski definition) is 2. The van der Waals surface area contributed by atoms with Crippen LogP contribution in [0.5, 0.6) is 11.5 Å². The topological polar surface area (TPSA) is 103 Å². The number of ether oxygens (including phenoxy) is 3. The average Bonchev–Trinajstić information content (AvgIpc) is 2.75. The van der Waals surface area contributed by atoms with Crippen LogP contribution in [0.2, 0.25) is 0 Å². The van der Waals surface area contributed by atoms with Crippen LogP contribution < -0.4 is 20.1 Å². The van der Waals surface area contributed by atoms with Crippen LogP contribution in [0.25, 0.3) is 0 Å². The summed E-state index contributed by atoms with van der Waals surface area (Å²) in [7, 11) is 3.08. The fourth-order valence-electron chi connectivity index (χ4n) is 2.67. The number of rotatable bonds is 7. The maximum absolute atomic E-state index is 12.2. The van der Waals surface area contributed by atoms with Gasteiger partial charge >= 0.3 is 5.97 Å². The van der Waals surface area contributed by atoms with Gasteiger partial charge in [-0.2, -0.15) is 0 Å². The predicted octanol–water partition coefficient (Wildman–Crippen LogP) is 2.22. The van der Waals surface area contributed by atoms with E-state index in [2.05, 4.69) is 10.6 Å². The van der Waals surface area contributed by atoms with E-state index in [1.54, 1.807) is 43.5 Å². The number of nitrogens with one attached hydrogen (secondary N) is 2. The lowest BCUT2D eigenvalue weighted by atomic mass is 10.2. The first-order valence-electron chi connectivity index (χ1n) is 8.71. The van der Waals surface area contributed by atoms with E-state index in [9.17, 15) is 14.4 Å². The van der Waals surface area contributed by atoms with Crippen LogP contribution in [-0.2, 0) is 20.9 Å². The van der Waals surface area contributed by atoms with Crippen molar-refractivity contribution in [1.29, 1.82) is 0 Å². The normalized spacial score (nSPS) is 12.4. The molecule has 0 aliphatic carbocycles. The van der Waals surface area contributed by atoms with Crippen LogP contribution in [0, 0.1) is 0 Å². The molecule has 2 aromatic rings. The van der Waals surface area contributed by atoms with Crippen LogP contribution in [0.4, 0.5) is 5.69 Å². The van der Waals surface area contributed by atoms with Gasteiger partial charge in [-0.3, -0.25) is 9.59 Å². The number of esters is 1. The SMILES string of the molecule is COc1ccc(CNC(=O)COC(=O)c2ccc3c(c2)NC(=O)CS3)cc1OC. The molecule has 1 aliphatic heterocycles. The fraction of sp³-hybridized carbons (Fsp3) is 0.250. The van der Waals surface area contributed by atoms with Crippen LogP contribution >= 0.6 is 11.8 Å². The van der Waals surface area contributed by atoms with Crippen LogP contribution in [0.15, 0.2) is 41.3 Å². The highest BCUT2D eigenvalue weighted by Crippen LogP contribution is 2.32. The summed E-state index contributed by atoms with van der Waals surface area (Å²) in [4.78, 5) is 36.5. The maximum Gasteiger partial charge on any atom is 0.338 e. The van der Waals surface area contributed by atoms with E-state index in [0.29, 0.717) is 22.9 Å². The summed E-state index contributed by atoms with van der Waals surface area (Å²) in [5.74, 6) is 0.299. The zero-order valence-corrected chi connectivity index (χ0v) is 16.8. The number of carbonyl (C=O) groups is 3. The molecule has 0 unspecified atom stereocenters. The molecular formula is C20H20N2O6S. The number of amides is 2. The van der Waals surface area contributed by atoms with Crippen molar-refractivity contribution >= 4 is 35.2 Å². The number of thioether (sulfide) groups is 1. The lowest BCUT2D eigenvalue weighted by Gasteiger charge is -2.16. The molecule has 2 amide bonds. The van der Waals surface area contributed by atoms with Gasteiger partial charge in [0, 0.05) is 11.4 Å². The Balaban J connectivity index is 1.51. The Kier molecular flexibility index (Phi) is 6.61. The highest BCUT2D eigenvalue weighted by molar-refractivity contribution is 8.00. The Morgan fingerprint density at radius 2 is 1.90 bits per heavy atom. The zero-order valence-electron chi connectivity index (χ0n) is 15.9. The number of anilines is 1. The first-order valence-corrected chi connectivity index (χ1v) is 9.70. The van der Waals surface area contributed by atoms with E-state index in [1.165, 1.54) is 18.9 Å². The number of fused-ring (bicyclic) bond motifs is 1. The van der Waals surface area contributed by atoms with Gasteiger partial charge in [0.05, 0.1) is 31.2 Å². The molecular weight excluding hydrogens is 396 g/mol. The fourth-order valence-corrected chi connectivity index (χ4v) is 3.46. The molecule has 0 radical (unpaired) electrons. The average molecular weight is 416 g/mol. The van der Waals surface area contributed by atoms with Gasteiger partial charge in [0.1, 0.15) is 0 Å². The van der Waals surface area contributed by atoms with Crippen molar-refractivity contribution in [3.05, 3.63) is 47.5 Å². The Morgan fingerprint density at radius 1 is 1.10 bits per heavy atom. The lowest BCUT2D eigenvalue weighted by Crippen LogP contribution is -2.28. The third-order valence-corrected chi connectivity index (χ3v) is 5.19. The highest BCUT2D eigenvalue weighted by atomic mass is 32.2. The molecule has 1 aliphatic rings. The Morgan fingerprint density at radius 3 is 2.66 bits per heavy atom. The standard InChI is InChI=1S/C20H20N2O6S/c1-26-15-5-3-12(7-16(15)27-2)9-21-18(23)10-28-20(25)13-4-6-17-14(8-13)22-19(24)11-29-17/h3-8H,9-11H2,1-2H3,(H,21,23)(H,22,24). The summed E-state index contributed by atoms with van der Waals surface area (Å²) in [6.07, 6.45) is 0. The van der Waals surface area contributed by atoms with Crippen molar-refractivity contribution in [2.45, 2.75) is 11.4 Å². The van der Waals surface area contributed by atoms with E-state index in [0.717, 1.165) is 10.5 Å². The van der Waals surface area contributed by atoms with Gasteiger partial charge in [-0.1, -0.05) is 6.07 Å². The molecule has 2 N–H and O–H groups in total. The van der Waals surface area contributed by atoms with Crippen LogP contribution in [0.1, 0.15) is 15.9 Å². The molecule has 0 bridgehead atoms. The van der Waals surface area contributed by atoms with Crippen molar-refractivity contribution in [2.75, 3.05) is 31.9 Å². The number of carbonyl (C=O) groups excluding carboxylic acids is 3. The molecule has 3 rings (SSSR count). The maximum atomic E-state index is 12.2. The van der Waals surface area contributed by atoms with Crippen LogP contribution in [0.3, 0.4) is 0 Å². The van der Waals surface area contributed by atoms with Gasteiger partial charge in [-0.15, -0.1) is 11.8 Å². The molecule has 0 fully saturated rings. The molecule has 9 heteroatoms. The third-order valence-electron chi connectivity index (χ3n) is 4.12. The van der Waals surface area contributed by atoms with Crippen molar-refractivity contribution in [3.63, 3.8) is 0 Å². The summed E-state index contributed by atoms with van der Waals surface area (Å²) in [6, 6.07) is 10.2. The molecule has 29 heavy (non-hydrogen) atoms. The predicted molar refractivity (Wildman–Crippen MR) is 107 cm³/mol. The summed E-state index contributed by atoms with van der Waals surface area (Å²) < 4.78 is 15.5. The Labute approximate surface area is 171 Å². The summed E-state index contributed by atoms with van der Waals surface area (Å²) in [6.45, 7) is -0.164. The second-order valence-corrected chi connectivity index (χ2v) is 7.11. The van der Waals surface area contributed by atoms with Crippen molar-refractivity contribution in [3.8, 4) is 11.5 Å². The minimum atomic E-state index is -0.640. The highest BCUT2D eigenvalue weighted by Gasteiger charge is 2.18. The number of methoxy groups -OCH3 is 2. The Hall–Kier alpha value is -3.20.